The molecule has 0 unspecified atom stereocenters. The number of nitrogens with zero attached hydrogens (tertiary/aromatic N) is 1. The van der Waals surface area contributed by atoms with Crippen LogP contribution in [0.4, 0.5) is 5.69 Å². The SMILES string of the molecule is C=C(N)/C=C\C(=C/C)N(C)c1ccccc1. The zero-order valence-electron chi connectivity index (χ0n) is 9.85. The molecule has 2 heteroatoms. The maximum atomic E-state index is 5.51. The number of likely N-dealkylation sites (N-methyl/N-ethyl adjacent to an activating group) is 1. The summed E-state index contributed by atoms with van der Waals surface area (Å²) in [5.41, 5.74) is 8.29. The molecule has 0 radical (unpaired) electrons. The van der Waals surface area contributed by atoms with E-state index in [1.807, 2.05) is 44.3 Å². The molecule has 0 saturated carbocycles. The zero-order valence-corrected chi connectivity index (χ0v) is 9.85. The minimum atomic E-state index is 0.556. The van der Waals surface area contributed by atoms with Gasteiger partial charge in [-0.15, -0.1) is 0 Å². The molecule has 2 N–H and O–H groups in total. The Labute approximate surface area is 97.4 Å². The van der Waals surface area contributed by atoms with Crippen LogP contribution in [-0.4, -0.2) is 7.05 Å². The molecule has 0 atom stereocenters. The summed E-state index contributed by atoms with van der Waals surface area (Å²) in [7, 11) is 2.02. The van der Waals surface area contributed by atoms with Crippen molar-refractivity contribution >= 4 is 5.69 Å². The highest BCUT2D eigenvalue weighted by Crippen LogP contribution is 2.17. The second-order valence-corrected chi connectivity index (χ2v) is 3.52. The first-order chi connectivity index (χ1) is 7.65. The van der Waals surface area contributed by atoms with Crippen LogP contribution in [0.5, 0.6) is 0 Å². The second kappa shape index (κ2) is 5.81. The molecule has 84 valence electrons. The van der Waals surface area contributed by atoms with E-state index in [9.17, 15) is 0 Å². The van der Waals surface area contributed by atoms with E-state index in [4.69, 9.17) is 5.73 Å². The summed E-state index contributed by atoms with van der Waals surface area (Å²) >= 11 is 0. The normalized spacial score (nSPS) is 11.8. The van der Waals surface area contributed by atoms with Gasteiger partial charge in [-0.25, -0.2) is 0 Å². The lowest BCUT2D eigenvalue weighted by molar-refractivity contribution is 1.13. The fourth-order valence-electron chi connectivity index (χ4n) is 1.39. The molecule has 1 aromatic rings. The van der Waals surface area contributed by atoms with Crippen molar-refractivity contribution in [2.75, 3.05) is 11.9 Å². The molecular formula is C14H18N2. The molecule has 0 aliphatic heterocycles. The first-order valence-electron chi connectivity index (χ1n) is 5.22. The van der Waals surface area contributed by atoms with Crippen molar-refractivity contribution in [3.05, 3.63) is 66.5 Å². The lowest BCUT2D eigenvalue weighted by atomic mass is 10.2. The highest BCUT2D eigenvalue weighted by Gasteiger charge is 2.01. The Morgan fingerprint density at radius 3 is 2.38 bits per heavy atom. The lowest BCUT2D eigenvalue weighted by Crippen LogP contribution is -2.14. The van der Waals surface area contributed by atoms with Crippen molar-refractivity contribution in [1.82, 2.24) is 0 Å². The van der Waals surface area contributed by atoms with Crippen molar-refractivity contribution in [3.8, 4) is 0 Å². The van der Waals surface area contributed by atoms with Crippen LogP contribution in [0.15, 0.2) is 66.5 Å². The van der Waals surface area contributed by atoms with Crippen LogP contribution in [0.3, 0.4) is 0 Å². The molecule has 1 aromatic carbocycles. The van der Waals surface area contributed by atoms with Gasteiger partial charge in [-0.2, -0.15) is 0 Å². The second-order valence-electron chi connectivity index (χ2n) is 3.52. The summed E-state index contributed by atoms with van der Waals surface area (Å²) in [6, 6.07) is 10.2. The van der Waals surface area contributed by atoms with E-state index in [0.717, 1.165) is 11.4 Å². The summed E-state index contributed by atoms with van der Waals surface area (Å²) in [6.07, 6.45) is 5.79. The van der Waals surface area contributed by atoms with Crippen LogP contribution >= 0.6 is 0 Å². The third-order valence-electron chi connectivity index (χ3n) is 2.29. The zero-order chi connectivity index (χ0) is 12.0. The van der Waals surface area contributed by atoms with E-state index < -0.39 is 0 Å². The van der Waals surface area contributed by atoms with Crippen molar-refractivity contribution < 1.29 is 0 Å². The Balaban J connectivity index is 2.87. The van der Waals surface area contributed by atoms with Gasteiger partial charge in [0.25, 0.3) is 0 Å². The van der Waals surface area contributed by atoms with Crippen molar-refractivity contribution in [2.24, 2.45) is 5.73 Å². The van der Waals surface area contributed by atoms with E-state index >= 15 is 0 Å². The Bertz CT molecular complexity index is 402. The quantitative estimate of drug-likeness (QED) is 0.780. The van der Waals surface area contributed by atoms with Crippen LogP contribution in [0.1, 0.15) is 6.92 Å². The Kier molecular flexibility index (Phi) is 4.40. The molecule has 0 aliphatic carbocycles. The summed E-state index contributed by atoms with van der Waals surface area (Å²) in [5.74, 6) is 0. The number of hydrogen-bond acceptors (Lipinski definition) is 2. The lowest BCUT2D eigenvalue weighted by Gasteiger charge is -2.20. The maximum Gasteiger partial charge on any atom is 0.0407 e. The highest BCUT2D eigenvalue weighted by molar-refractivity contribution is 5.53. The van der Waals surface area contributed by atoms with E-state index in [2.05, 4.69) is 23.6 Å². The molecule has 0 bridgehead atoms. The summed E-state index contributed by atoms with van der Waals surface area (Å²) < 4.78 is 0. The Morgan fingerprint density at radius 2 is 1.88 bits per heavy atom. The molecule has 0 heterocycles. The topological polar surface area (TPSA) is 29.3 Å². The minimum absolute atomic E-state index is 0.556. The Morgan fingerprint density at radius 1 is 1.25 bits per heavy atom. The predicted molar refractivity (Wildman–Crippen MR) is 71.1 cm³/mol. The summed E-state index contributed by atoms with van der Waals surface area (Å²) in [5, 5.41) is 0. The molecule has 1 rings (SSSR count). The number of para-hydroxylation sites is 1. The molecule has 0 amide bonds. The Hall–Kier alpha value is -1.96. The molecule has 0 fully saturated rings. The summed E-state index contributed by atoms with van der Waals surface area (Å²) in [6.45, 7) is 5.64. The molecule has 0 saturated heterocycles. The van der Waals surface area contributed by atoms with Gasteiger partial charge < -0.3 is 10.6 Å². The highest BCUT2D eigenvalue weighted by atomic mass is 15.1. The first-order valence-corrected chi connectivity index (χ1v) is 5.22. The number of nitrogens with two attached hydrogens (primary N) is 1. The minimum Gasteiger partial charge on any atom is -0.399 e. The number of rotatable bonds is 4. The van der Waals surface area contributed by atoms with Gasteiger partial charge in [-0.3, -0.25) is 0 Å². The monoisotopic (exact) mass is 214 g/mol. The van der Waals surface area contributed by atoms with Gasteiger partial charge in [0.1, 0.15) is 0 Å². The average Bonchev–Trinajstić information content (AvgIpc) is 2.30. The maximum absolute atomic E-state index is 5.51. The molecule has 16 heavy (non-hydrogen) atoms. The standard InChI is InChI=1S/C14H18N2/c1-4-13(11-10-12(2)15)16(3)14-8-6-5-7-9-14/h4-11H,2,15H2,1,3H3/b11-10-,13-4+. The number of benzene rings is 1. The van der Waals surface area contributed by atoms with E-state index in [0.29, 0.717) is 5.70 Å². The number of anilines is 1. The smallest absolute Gasteiger partial charge is 0.0407 e. The van der Waals surface area contributed by atoms with E-state index in [1.54, 1.807) is 6.08 Å². The van der Waals surface area contributed by atoms with Gasteiger partial charge in [-0.1, -0.05) is 30.9 Å². The molecule has 0 aliphatic rings. The van der Waals surface area contributed by atoms with Gasteiger partial charge in [0, 0.05) is 24.1 Å². The third-order valence-corrected chi connectivity index (χ3v) is 2.29. The third kappa shape index (κ3) is 3.31. The van der Waals surface area contributed by atoms with E-state index in [-0.39, 0.29) is 0 Å². The largest absolute Gasteiger partial charge is 0.399 e. The number of allylic oxidation sites excluding steroid dienone is 3. The van der Waals surface area contributed by atoms with E-state index in [1.165, 1.54) is 0 Å². The van der Waals surface area contributed by atoms with Crippen molar-refractivity contribution in [1.29, 1.82) is 0 Å². The van der Waals surface area contributed by atoms with Gasteiger partial charge in [-0.05, 0) is 31.2 Å². The fraction of sp³-hybridized carbons (Fsp3) is 0.143. The molecule has 0 spiro atoms. The molecule has 0 aromatic heterocycles. The number of hydrogen-bond donors (Lipinski definition) is 1. The van der Waals surface area contributed by atoms with Crippen LogP contribution in [0.2, 0.25) is 0 Å². The fourth-order valence-corrected chi connectivity index (χ4v) is 1.39. The summed E-state index contributed by atoms with van der Waals surface area (Å²) in [4.78, 5) is 2.10. The van der Waals surface area contributed by atoms with Crippen LogP contribution in [0, 0.1) is 0 Å². The van der Waals surface area contributed by atoms with Crippen LogP contribution in [-0.2, 0) is 0 Å². The first kappa shape index (κ1) is 12.1. The van der Waals surface area contributed by atoms with Gasteiger partial charge in [0.05, 0.1) is 0 Å². The van der Waals surface area contributed by atoms with Crippen LogP contribution < -0.4 is 10.6 Å². The molecular weight excluding hydrogens is 196 g/mol. The van der Waals surface area contributed by atoms with Crippen molar-refractivity contribution in [3.63, 3.8) is 0 Å². The van der Waals surface area contributed by atoms with Gasteiger partial charge in [0.15, 0.2) is 0 Å². The molecule has 2 nitrogen and oxygen atoms in total. The predicted octanol–water partition coefficient (Wildman–Crippen LogP) is 3.06. The van der Waals surface area contributed by atoms with Gasteiger partial charge in [0.2, 0.25) is 0 Å². The van der Waals surface area contributed by atoms with Crippen LogP contribution in [0.25, 0.3) is 0 Å². The average molecular weight is 214 g/mol. The van der Waals surface area contributed by atoms with Gasteiger partial charge >= 0.3 is 0 Å². The van der Waals surface area contributed by atoms with Crippen molar-refractivity contribution in [2.45, 2.75) is 6.92 Å².